The Morgan fingerprint density at radius 3 is 2.41 bits per heavy atom. The van der Waals surface area contributed by atoms with Gasteiger partial charge in [0.25, 0.3) is 0 Å². The van der Waals surface area contributed by atoms with Gasteiger partial charge in [-0.1, -0.05) is 0 Å². The first-order valence-electron chi connectivity index (χ1n) is 5.44. The van der Waals surface area contributed by atoms with Gasteiger partial charge in [0.1, 0.15) is 13.2 Å². The number of nitrogens with zero attached hydrogens (tertiary/aromatic N) is 2. The third-order valence-corrected chi connectivity index (χ3v) is 2.58. The molecule has 1 aromatic rings. The fourth-order valence-corrected chi connectivity index (χ4v) is 1.65. The highest BCUT2D eigenvalue weighted by atomic mass is 16.6. The largest absolute Gasteiger partial charge is 0.486 e. The number of carbonyl (C=O) groups is 1. The van der Waals surface area contributed by atoms with E-state index in [0.29, 0.717) is 19.0 Å². The molecule has 5 nitrogen and oxygen atoms in total. The molecule has 5 heteroatoms. The van der Waals surface area contributed by atoms with E-state index in [9.17, 15) is 4.79 Å². The summed E-state index contributed by atoms with van der Waals surface area (Å²) in [5, 5.41) is 0. The molecule has 0 aliphatic carbocycles. The second-order valence-electron chi connectivity index (χ2n) is 4.06. The van der Waals surface area contributed by atoms with E-state index < -0.39 is 0 Å². The van der Waals surface area contributed by atoms with E-state index in [1.165, 1.54) is 4.90 Å². The maximum atomic E-state index is 11.8. The molecule has 0 bridgehead atoms. The molecule has 0 saturated heterocycles. The van der Waals surface area contributed by atoms with Crippen LogP contribution >= 0.6 is 0 Å². The van der Waals surface area contributed by atoms with Gasteiger partial charge in [-0.3, -0.25) is 4.90 Å². The summed E-state index contributed by atoms with van der Waals surface area (Å²) in [7, 11) is 5.17. The van der Waals surface area contributed by atoms with Crippen LogP contribution in [0, 0.1) is 0 Å². The molecule has 1 heterocycles. The molecule has 0 aromatic heterocycles. The molecule has 2 rings (SSSR count). The normalized spacial score (nSPS) is 13.1. The third-order valence-electron chi connectivity index (χ3n) is 2.58. The van der Waals surface area contributed by atoms with Gasteiger partial charge in [0.05, 0.1) is 0 Å². The molecule has 1 aromatic carbocycles. The molecular weight excluding hydrogens is 220 g/mol. The van der Waals surface area contributed by atoms with Crippen molar-refractivity contribution < 1.29 is 14.3 Å². The van der Waals surface area contributed by atoms with E-state index in [2.05, 4.69) is 0 Å². The summed E-state index contributed by atoms with van der Waals surface area (Å²) in [5.74, 6) is 1.41. The van der Waals surface area contributed by atoms with Crippen molar-refractivity contribution >= 4 is 11.7 Å². The van der Waals surface area contributed by atoms with E-state index in [0.717, 1.165) is 11.4 Å². The van der Waals surface area contributed by atoms with E-state index >= 15 is 0 Å². The Kier molecular flexibility index (Phi) is 3.08. The van der Waals surface area contributed by atoms with Gasteiger partial charge in [-0.2, -0.15) is 0 Å². The van der Waals surface area contributed by atoms with E-state index in [1.54, 1.807) is 26.0 Å². The number of urea groups is 1. The molecule has 0 N–H and O–H groups in total. The fraction of sp³-hybridized carbons (Fsp3) is 0.417. The average molecular weight is 236 g/mol. The molecule has 0 unspecified atom stereocenters. The summed E-state index contributed by atoms with van der Waals surface area (Å²) in [6, 6.07) is 5.40. The van der Waals surface area contributed by atoms with E-state index in [-0.39, 0.29) is 6.03 Å². The summed E-state index contributed by atoms with van der Waals surface area (Å²) in [6.45, 7) is 1.11. The van der Waals surface area contributed by atoms with Crippen LogP contribution in [-0.4, -0.2) is 45.3 Å². The molecule has 0 saturated carbocycles. The van der Waals surface area contributed by atoms with Crippen LogP contribution in [0.1, 0.15) is 0 Å². The van der Waals surface area contributed by atoms with Crippen molar-refractivity contribution in [2.24, 2.45) is 0 Å². The maximum Gasteiger partial charge on any atom is 0.323 e. The van der Waals surface area contributed by atoms with Gasteiger partial charge in [0, 0.05) is 32.9 Å². The fourth-order valence-electron chi connectivity index (χ4n) is 1.65. The summed E-state index contributed by atoms with van der Waals surface area (Å²) in [6.07, 6.45) is 0. The first kappa shape index (κ1) is 11.6. The molecule has 0 radical (unpaired) electrons. The lowest BCUT2D eigenvalue weighted by molar-refractivity contribution is 0.171. The lowest BCUT2D eigenvalue weighted by Crippen LogP contribution is -2.36. The minimum atomic E-state index is -0.0818. The Hall–Kier alpha value is -1.91. The van der Waals surface area contributed by atoms with Crippen LogP contribution in [0.3, 0.4) is 0 Å². The van der Waals surface area contributed by atoms with Crippen LogP contribution < -0.4 is 14.4 Å². The van der Waals surface area contributed by atoms with Crippen molar-refractivity contribution in [1.29, 1.82) is 0 Å². The summed E-state index contributed by atoms with van der Waals surface area (Å²) in [5.41, 5.74) is 0.785. The van der Waals surface area contributed by atoms with Crippen molar-refractivity contribution in [3.63, 3.8) is 0 Å². The number of hydrogen-bond donors (Lipinski definition) is 0. The number of anilines is 1. The van der Waals surface area contributed by atoms with Crippen LogP contribution in [0.15, 0.2) is 18.2 Å². The number of ether oxygens (including phenoxy) is 2. The van der Waals surface area contributed by atoms with Crippen molar-refractivity contribution in [3.8, 4) is 11.5 Å². The standard InChI is InChI=1S/C12H16N2O3/c1-13(2)12(15)14(3)9-4-5-10-11(8-9)17-7-6-16-10/h4-5,8H,6-7H2,1-3H3. The van der Waals surface area contributed by atoms with Crippen molar-refractivity contribution in [2.45, 2.75) is 0 Å². The first-order valence-corrected chi connectivity index (χ1v) is 5.44. The number of fused-ring (bicyclic) bond motifs is 1. The molecule has 0 atom stereocenters. The molecular formula is C12H16N2O3. The molecule has 1 aliphatic rings. The zero-order valence-electron chi connectivity index (χ0n) is 10.3. The van der Waals surface area contributed by atoms with Gasteiger partial charge in [-0.05, 0) is 12.1 Å². The van der Waals surface area contributed by atoms with Gasteiger partial charge in [-0.15, -0.1) is 0 Å². The van der Waals surface area contributed by atoms with Crippen LogP contribution in [0.5, 0.6) is 11.5 Å². The zero-order valence-corrected chi connectivity index (χ0v) is 10.3. The van der Waals surface area contributed by atoms with Crippen LogP contribution in [-0.2, 0) is 0 Å². The molecule has 0 fully saturated rings. The maximum absolute atomic E-state index is 11.8. The monoisotopic (exact) mass is 236 g/mol. The SMILES string of the molecule is CN(C)C(=O)N(C)c1ccc2c(c1)OCCO2. The molecule has 92 valence electrons. The highest BCUT2D eigenvalue weighted by Crippen LogP contribution is 2.33. The number of amides is 2. The van der Waals surface area contributed by atoms with Crippen molar-refractivity contribution in [2.75, 3.05) is 39.3 Å². The number of carbonyl (C=O) groups excluding carboxylic acids is 1. The smallest absolute Gasteiger partial charge is 0.323 e. The van der Waals surface area contributed by atoms with Gasteiger partial charge in [0.2, 0.25) is 0 Å². The van der Waals surface area contributed by atoms with E-state index in [1.807, 2.05) is 18.2 Å². The lowest BCUT2D eigenvalue weighted by atomic mass is 10.2. The summed E-state index contributed by atoms with van der Waals surface area (Å²) in [4.78, 5) is 14.9. The predicted octanol–water partition coefficient (Wildman–Crippen LogP) is 1.58. The number of rotatable bonds is 1. The molecule has 2 amide bonds. The highest BCUT2D eigenvalue weighted by molar-refractivity contribution is 5.91. The Morgan fingerprint density at radius 1 is 1.12 bits per heavy atom. The van der Waals surface area contributed by atoms with Gasteiger partial charge in [-0.25, -0.2) is 4.79 Å². The lowest BCUT2D eigenvalue weighted by Gasteiger charge is -2.24. The topological polar surface area (TPSA) is 42.0 Å². The average Bonchev–Trinajstić information content (AvgIpc) is 2.36. The van der Waals surface area contributed by atoms with Crippen molar-refractivity contribution in [1.82, 2.24) is 4.90 Å². The Labute approximate surface area is 101 Å². The predicted molar refractivity (Wildman–Crippen MR) is 64.9 cm³/mol. The quantitative estimate of drug-likeness (QED) is 0.743. The Balaban J connectivity index is 2.24. The van der Waals surface area contributed by atoms with Gasteiger partial charge >= 0.3 is 6.03 Å². The second kappa shape index (κ2) is 4.53. The Morgan fingerprint density at radius 2 is 1.76 bits per heavy atom. The first-order chi connectivity index (χ1) is 8.09. The molecule has 0 spiro atoms. The second-order valence-corrected chi connectivity index (χ2v) is 4.06. The number of benzene rings is 1. The molecule has 17 heavy (non-hydrogen) atoms. The van der Waals surface area contributed by atoms with Crippen LogP contribution in [0.2, 0.25) is 0 Å². The summed E-state index contributed by atoms with van der Waals surface area (Å²) < 4.78 is 10.9. The molecule has 1 aliphatic heterocycles. The minimum Gasteiger partial charge on any atom is -0.486 e. The Bertz CT molecular complexity index is 432. The zero-order chi connectivity index (χ0) is 12.4. The van der Waals surface area contributed by atoms with Gasteiger partial charge < -0.3 is 14.4 Å². The van der Waals surface area contributed by atoms with Crippen molar-refractivity contribution in [3.05, 3.63) is 18.2 Å². The van der Waals surface area contributed by atoms with Crippen LogP contribution in [0.4, 0.5) is 10.5 Å². The number of hydrogen-bond acceptors (Lipinski definition) is 3. The highest BCUT2D eigenvalue weighted by Gasteiger charge is 2.17. The summed E-state index contributed by atoms with van der Waals surface area (Å²) >= 11 is 0. The third kappa shape index (κ3) is 2.27. The minimum absolute atomic E-state index is 0.0818. The van der Waals surface area contributed by atoms with Crippen LogP contribution in [0.25, 0.3) is 0 Å². The van der Waals surface area contributed by atoms with Gasteiger partial charge in [0.15, 0.2) is 11.5 Å². The van der Waals surface area contributed by atoms with E-state index in [4.69, 9.17) is 9.47 Å².